The molecular formula is C33H51N9O6. The first-order valence-corrected chi connectivity index (χ1v) is 16.4. The van der Waals surface area contributed by atoms with Crippen LogP contribution in [0.5, 0.6) is 0 Å². The highest BCUT2D eigenvalue weighted by Crippen LogP contribution is 2.31. The van der Waals surface area contributed by atoms with Gasteiger partial charge in [-0.2, -0.15) is 15.3 Å². The number of hydrogen-bond donors (Lipinski definition) is 6. The zero-order valence-corrected chi connectivity index (χ0v) is 29.5. The summed E-state index contributed by atoms with van der Waals surface area (Å²) in [6.07, 6.45) is 9.69. The van der Waals surface area contributed by atoms with Gasteiger partial charge in [-0.15, -0.1) is 0 Å². The number of alkyl carbamates (subject to hydrolysis) is 3. The van der Waals surface area contributed by atoms with Crippen LogP contribution in [0.4, 0.5) is 14.4 Å². The predicted molar refractivity (Wildman–Crippen MR) is 177 cm³/mol. The number of carbonyl (C=O) groups is 3. The molecule has 3 unspecified atom stereocenters. The number of nitrogens with zero attached hydrogens (tertiary/aromatic N) is 3. The second-order valence-corrected chi connectivity index (χ2v) is 15.1. The number of nitrogens with one attached hydrogen (secondary N) is 6. The number of hydrogen-bond acceptors (Lipinski definition) is 9. The number of H-pyrrole nitrogens is 3. The summed E-state index contributed by atoms with van der Waals surface area (Å²) in [6.45, 7) is 16.7. The van der Waals surface area contributed by atoms with E-state index in [-0.39, 0.29) is 36.4 Å². The fraction of sp³-hybridized carbons (Fsp3) is 0.636. The fourth-order valence-electron chi connectivity index (χ4n) is 5.60. The van der Waals surface area contributed by atoms with Crippen molar-refractivity contribution in [3.8, 4) is 0 Å². The molecule has 0 aromatic carbocycles. The first-order valence-electron chi connectivity index (χ1n) is 16.4. The molecule has 3 heterocycles. The lowest BCUT2D eigenvalue weighted by Gasteiger charge is -2.21. The SMILES string of the molecule is CC(C)(C)OC(=O)NC1CCc2[nH]ncc21.CC(C)(C)OC(=O)NC1CCc2[nH]ncc21.CC(C)(C)OC(=O)NC1CCc2[nH]ncc21. The molecule has 6 rings (SSSR count). The van der Waals surface area contributed by atoms with E-state index in [1.807, 2.05) is 62.3 Å². The number of aromatic nitrogens is 6. The molecule has 3 aromatic heterocycles. The minimum absolute atomic E-state index is 0.0311. The molecule has 3 amide bonds. The Morgan fingerprint density at radius 3 is 1.02 bits per heavy atom. The Morgan fingerprint density at radius 1 is 0.542 bits per heavy atom. The van der Waals surface area contributed by atoms with Crippen molar-refractivity contribution < 1.29 is 28.6 Å². The monoisotopic (exact) mass is 669 g/mol. The predicted octanol–water partition coefficient (Wildman–Crippen LogP) is 5.77. The number of rotatable bonds is 3. The molecule has 0 radical (unpaired) electrons. The Bertz CT molecular complexity index is 1360. The average molecular weight is 670 g/mol. The van der Waals surface area contributed by atoms with Crippen LogP contribution in [-0.2, 0) is 33.5 Å². The topological polar surface area (TPSA) is 201 Å². The molecule has 3 aliphatic carbocycles. The van der Waals surface area contributed by atoms with Crippen LogP contribution in [0.2, 0.25) is 0 Å². The molecule has 0 saturated heterocycles. The fourth-order valence-corrected chi connectivity index (χ4v) is 5.60. The van der Waals surface area contributed by atoms with E-state index in [1.165, 1.54) is 0 Å². The first-order chi connectivity index (χ1) is 22.4. The van der Waals surface area contributed by atoms with Crippen LogP contribution in [0.3, 0.4) is 0 Å². The third kappa shape index (κ3) is 10.7. The van der Waals surface area contributed by atoms with Crippen LogP contribution in [0.1, 0.15) is 133 Å². The maximum atomic E-state index is 11.6. The van der Waals surface area contributed by atoms with Gasteiger partial charge in [0.05, 0.1) is 36.7 Å². The third-order valence-electron chi connectivity index (χ3n) is 7.50. The molecular weight excluding hydrogens is 618 g/mol. The molecule has 264 valence electrons. The molecule has 3 aliphatic rings. The van der Waals surface area contributed by atoms with Gasteiger partial charge in [-0.25, -0.2) is 14.4 Å². The Labute approximate surface area is 281 Å². The van der Waals surface area contributed by atoms with Gasteiger partial charge in [0, 0.05) is 33.8 Å². The second kappa shape index (κ2) is 14.7. The largest absolute Gasteiger partial charge is 0.444 e. The Kier molecular flexibility index (Phi) is 11.1. The van der Waals surface area contributed by atoms with E-state index in [9.17, 15) is 14.4 Å². The summed E-state index contributed by atoms with van der Waals surface area (Å²) < 4.78 is 15.6. The van der Waals surface area contributed by atoms with Gasteiger partial charge in [-0.1, -0.05) is 0 Å². The van der Waals surface area contributed by atoms with E-state index in [0.29, 0.717) is 0 Å². The van der Waals surface area contributed by atoms with Gasteiger partial charge >= 0.3 is 18.3 Å². The molecule has 48 heavy (non-hydrogen) atoms. The highest BCUT2D eigenvalue weighted by molar-refractivity contribution is 5.69. The van der Waals surface area contributed by atoms with Gasteiger partial charge < -0.3 is 30.2 Å². The lowest BCUT2D eigenvalue weighted by molar-refractivity contribution is 0.0492. The third-order valence-corrected chi connectivity index (χ3v) is 7.50. The van der Waals surface area contributed by atoms with Crippen molar-refractivity contribution in [2.75, 3.05) is 0 Å². The number of aromatic amines is 3. The molecule has 15 heteroatoms. The molecule has 3 aromatic rings. The molecule has 0 spiro atoms. The van der Waals surface area contributed by atoms with Gasteiger partial charge in [-0.3, -0.25) is 15.3 Å². The van der Waals surface area contributed by atoms with E-state index in [0.717, 1.165) is 72.3 Å². The Morgan fingerprint density at radius 2 is 0.792 bits per heavy atom. The summed E-state index contributed by atoms with van der Waals surface area (Å²) >= 11 is 0. The summed E-state index contributed by atoms with van der Waals surface area (Å²) in [4.78, 5) is 34.7. The van der Waals surface area contributed by atoms with E-state index < -0.39 is 16.8 Å². The van der Waals surface area contributed by atoms with Crippen molar-refractivity contribution in [1.29, 1.82) is 0 Å². The minimum Gasteiger partial charge on any atom is -0.444 e. The zero-order valence-electron chi connectivity index (χ0n) is 29.5. The quantitative estimate of drug-likeness (QED) is 0.187. The zero-order chi connectivity index (χ0) is 35.3. The standard InChI is InChI=1S/3C11H17N3O2/c3*1-11(2,3)16-10(15)13-8-4-5-9-7(8)6-12-14-9/h3*6,8H,4-5H2,1-3H3,(H,12,14)(H,13,15). The molecule has 3 atom stereocenters. The van der Waals surface area contributed by atoms with Crippen molar-refractivity contribution in [1.82, 2.24) is 46.5 Å². The van der Waals surface area contributed by atoms with E-state index >= 15 is 0 Å². The van der Waals surface area contributed by atoms with Gasteiger partial charge in [0.25, 0.3) is 0 Å². The van der Waals surface area contributed by atoms with Crippen molar-refractivity contribution in [2.24, 2.45) is 0 Å². The van der Waals surface area contributed by atoms with Crippen LogP contribution in [0.15, 0.2) is 18.6 Å². The van der Waals surface area contributed by atoms with Crippen LogP contribution in [0, 0.1) is 0 Å². The van der Waals surface area contributed by atoms with Gasteiger partial charge in [-0.05, 0) is 101 Å². The molecule has 0 saturated carbocycles. The minimum atomic E-state index is -0.456. The maximum Gasteiger partial charge on any atom is 0.408 e. The van der Waals surface area contributed by atoms with Crippen LogP contribution < -0.4 is 16.0 Å². The Hall–Kier alpha value is -4.56. The smallest absolute Gasteiger partial charge is 0.408 e. The van der Waals surface area contributed by atoms with Crippen LogP contribution >= 0.6 is 0 Å². The number of fused-ring (bicyclic) bond motifs is 3. The van der Waals surface area contributed by atoms with E-state index in [2.05, 4.69) is 46.5 Å². The van der Waals surface area contributed by atoms with E-state index in [1.54, 1.807) is 18.6 Å². The highest BCUT2D eigenvalue weighted by Gasteiger charge is 2.30. The second-order valence-electron chi connectivity index (χ2n) is 15.1. The summed E-state index contributed by atoms with van der Waals surface area (Å²) in [7, 11) is 0. The molecule has 0 bridgehead atoms. The van der Waals surface area contributed by atoms with Crippen molar-refractivity contribution >= 4 is 18.3 Å². The van der Waals surface area contributed by atoms with Crippen molar-refractivity contribution in [3.05, 3.63) is 52.4 Å². The summed E-state index contributed by atoms with van der Waals surface area (Å²) in [6, 6.07) is 0.0933. The first kappa shape index (κ1) is 36.3. The van der Waals surface area contributed by atoms with Crippen molar-refractivity contribution in [2.45, 2.75) is 136 Å². The summed E-state index contributed by atoms with van der Waals surface area (Å²) in [5, 5.41) is 29.2. The molecule has 15 nitrogen and oxygen atoms in total. The van der Waals surface area contributed by atoms with Gasteiger partial charge in [0.1, 0.15) is 16.8 Å². The van der Waals surface area contributed by atoms with Crippen LogP contribution in [0.25, 0.3) is 0 Å². The number of aryl methyl sites for hydroxylation is 3. The Balaban J connectivity index is 0.000000163. The molecule has 0 fully saturated rings. The van der Waals surface area contributed by atoms with Crippen LogP contribution in [-0.4, -0.2) is 65.7 Å². The number of ether oxygens (including phenoxy) is 3. The van der Waals surface area contributed by atoms with E-state index in [4.69, 9.17) is 14.2 Å². The normalized spacial score (nSPS) is 19.3. The van der Waals surface area contributed by atoms with Gasteiger partial charge in [0.2, 0.25) is 0 Å². The summed E-state index contributed by atoms with van der Waals surface area (Å²) in [5.41, 5.74) is 5.19. The molecule has 6 N–H and O–H groups in total. The highest BCUT2D eigenvalue weighted by atomic mass is 16.6. The number of amides is 3. The lowest BCUT2D eigenvalue weighted by Crippen LogP contribution is -2.34. The summed E-state index contributed by atoms with van der Waals surface area (Å²) in [5.74, 6) is 0. The van der Waals surface area contributed by atoms with Crippen molar-refractivity contribution in [3.63, 3.8) is 0 Å². The molecule has 0 aliphatic heterocycles. The van der Waals surface area contributed by atoms with Gasteiger partial charge in [0.15, 0.2) is 0 Å². The lowest BCUT2D eigenvalue weighted by atomic mass is 10.2. The number of carbonyl (C=O) groups excluding carboxylic acids is 3. The maximum absolute atomic E-state index is 11.6. The average Bonchev–Trinajstić information content (AvgIpc) is 3.75.